The van der Waals surface area contributed by atoms with E-state index in [0.717, 1.165) is 46.4 Å². The number of aromatic nitrogens is 3. The molecule has 0 spiro atoms. The molecule has 2 fully saturated rings. The molecule has 6 heterocycles. The van der Waals surface area contributed by atoms with Crippen LogP contribution in [0, 0.1) is 5.92 Å². The van der Waals surface area contributed by atoms with E-state index in [1.807, 2.05) is 30.6 Å². The van der Waals surface area contributed by atoms with Crippen molar-refractivity contribution in [1.82, 2.24) is 31.1 Å². The first-order valence-electron chi connectivity index (χ1n) is 10.2. The van der Waals surface area contributed by atoms with Crippen LogP contribution in [0.4, 0.5) is 5.69 Å². The molecule has 0 amide bonds. The van der Waals surface area contributed by atoms with E-state index in [4.69, 9.17) is 10.2 Å². The number of aromatic amines is 1. The van der Waals surface area contributed by atoms with E-state index >= 15 is 0 Å². The van der Waals surface area contributed by atoms with E-state index in [0.29, 0.717) is 17.6 Å². The Balaban J connectivity index is 1.33. The predicted molar refractivity (Wildman–Crippen MR) is 114 cm³/mol. The van der Waals surface area contributed by atoms with Crippen molar-refractivity contribution in [2.75, 3.05) is 12.3 Å². The van der Waals surface area contributed by atoms with Gasteiger partial charge in [-0.1, -0.05) is 0 Å². The number of hydrogen-bond acceptors (Lipinski definition) is 7. The van der Waals surface area contributed by atoms with Crippen LogP contribution in [0.15, 0.2) is 59.8 Å². The summed E-state index contributed by atoms with van der Waals surface area (Å²) in [5, 5.41) is 4.73. The first-order chi connectivity index (χ1) is 14.8. The summed E-state index contributed by atoms with van der Waals surface area (Å²) < 4.78 is 5.28. The summed E-state index contributed by atoms with van der Waals surface area (Å²) in [5.41, 5.74) is 19.0. The van der Waals surface area contributed by atoms with Crippen molar-refractivity contribution in [2.24, 2.45) is 5.92 Å². The van der Waals surface area contributed by atoms with Gasteiger partial charge in [0.15, 0.2) is 0 Å². The van der Waals surface area contributed by atoms with Crippen molar-refractivity contribution in [2.45, 2.75) is 24.5 Å². The molecule has 2 aliphatic heterocycles. The van der Waals surface area contributed by atoms with Gasteiger partial charge < -0.3 is 20.5 Å². The van der Waals surface area contributed by atoms with Gasteiger partial charge in [0.05, 0.1) is 24.3 Å². The molecule has 0 aromatic carbocycles. The molecule has 152 valence electrons. The van der Waals surface area contributed by atoms with Crippen molar-refractivity contribution in [3.8, 4) is 11.1 Å². The number of hydrazine groups is 1. The number of furan rings is 1. The van der Waals surface area contributed by atoms with E-state index in [-0.39, 0.29) is 12.1 Å². The lowest BCUT2D eigenvalue weighted by atomic mass is 9.81. The van der Waals surface area contributed by atoms with Crippen LogP contribution in [0.25, 0.3) is 22.2 Å². The summed E-state index contributed by atoms with van der Waals surface area (Å²) in [7, 11) is 0. The average molecular weight is 401 g/mol. The van der Waals surface area contributed by atoms with Gasteiger partial charge in [-0.25, -0.2) is 10.4 Å². The normalized spacial score (nSPS) is 26.1. The van der Waals surface area contributed by atoms with Crippen LogP contribution in [-0.4, -0.2) is 27.5 Å². The van der Waals surface area contributed by atoms with Gasteiger partial charge >= 0.3 is 0 Å². The summed E-state index contributed by atoms with van der Waals surface area (Å²) in [6.45, 7) is 0.881. The standard InChI is InChI=1S/C22H23N7O/c23-14-5-13(8-24-9-14)18-7-17-20(10-26-18)28-29-21(17)19-6-16-15(12-2-4-30-11-12)1-3-25-22(16)27-19/h1-6,8-9,11,17-18,20-21,26,28-29H,7,10,23H2,(H,25,27). The third-order valence-corrected chi connectivity index (χ3v) is 6.36. The minimum absolute atomic E-state index is 0.167. The number of nitrogens with zero attached hydrogens (tertiary/aromatic N) is 2. The van der Waals surface area contributed by atoms with Crippen molar-refractivity contribution in [3.63, 3.8) is 0 Å². The van der Waals surface area contributed by atoms with Gasteiger partial charge in [-0.2, -0.15) is 0 Å². The van der Waals surface area contributed by atoms with Gasteiger partial charge in [0.2, 0.25) is 0 Å². The van der Waals surface area contributed by atoms with Gasteiger partial charge in [-0.3, -0.25) is 10.4 Å². The van der Waals surface area contributed by atoms with Crippen molar-refractivity contribution >= 4 is 16.7 Å². The third kappa shape index (κ3) is 2.88. The first kappa shape index (κ1) is 17.6. The minimum atomic E-state index is 0.167. The molecule has 30 heavy (non-hydrogen) atoms. The maximum Gasteiger partial charge on any atom is 0.138 e. The largest absolute Gasteiger partial charge is 0.472 e. The molecule has 0 aliphatic carbocycles. The van der Waals surface area contributed by atoms with Crippen LogP contribution in [0.3, 0.4) is 0 Å². The summed E-state index contributed by atoms with van der Waals surface area (Å²) in [5.74, 6) is 0.420. The topological polar surface area (TPSA) is 117 Å². The highest BCUT2D eigenvalue weighted by Crippen LogP contribution is 2.39. The van der Waals surface area contributed by atoms with E-state index in [1.165, 1.54) is 0 Å². The minimum Gasteiger partial charge on any atom is -0.472 e. The number of piperidine rings is 1. The summed E-state index contributed by atoms with van der Waals surface area (Å²) in [4.78, 5) is 12.4. The smallest absolute Gasteiger partial charge is 0.138 e. The zero-order valence-electron chi connectivity index (χ0n) is 16.3. The Kier molecular flexibility index (Phi) is 4.08. The molecule has 0 radical (unpaired) electrons. The summed E-state index contributed by atoms with van der Waals surface area (Å²) in [6, 6.07) is 8.99. The fourth-order valence-electron chi connectivity index (χ4n) is 4.88. The molecule has 6 rings (SSSR count). The van der Waals surface area contributed by atoms with Crippen LogP contribution in [0.2, 0.25) is 0 Å². The highest BCUT2D eigenvalue weighted by Gasteiger charge is 2.42. The highest BCUT2D eigenvalue weighted by atomic mass is 16.3. The molecule has 2 saturated heterocycles. The molecular weight excluding hydrogens is 378 g/mol. The third-order valence-electron chi connectivity index (χ3n) is 6.36. The molecule has 0 bridgehead atoms. The van der Waals surface area contributed by atoms with Gasteiger partial charge in [-0.05, 0) is 41.8 Å². The zero-order chi connectivity index (χ0) is 20.1. The Morgan fingerprint density at radius 2 is 2.10 bits per heavy atom. The van der Waals surface area contributed by atoms with Crippen LogP contribution in [-0.2, 0) is 0 Å². The number of pyridine rings is 2. The second-order valence-electron chi connectivity index (χ2n) is 8.14. The number of nitrogens with one attached hydrogen (secondary N) is 4. The number of fused-ring (bicyclic) bond motifs is 2. The molecule has 4 atom stereocenters. The Morgan fingerprint density at radius 3 is 2.97 bits per heavy atom. The number of H-pyrrole nitrogens is 1. The molecule has 6 N–H and O–H groups in total. The van der Waals surface area contributed by atoms with E-state index in [9.17, 15) is 0 Å². The van der Waals surface area contributed by atoms with Crippen LogP contribution in [0.1, 0.15) is 29.8 Å². The molecule has 8 nitrogen and oxygen atoms in total. The van der Waals surface area contributed by atoms with E-state index < -0.39 is 0 Å². The van der Waals surface area contributed by atoms with Gasteiger partial charge in [0.1, 0.15) is 5.65 Å². The fourth-order valence-corrected chi connectivity index (χ4v) is 4.88. The van der Waals surface area contributed by atoms with Crippen molar-refractivity contribution < 1.29 is 4.42 Å². The molecule has 8 heteroatoms. The number of rotatable bonds is 3. The Morgan fingerprint density at radius 1 is 1.13 bits per heavy atom. The van der Waals surface area contributed by atoms with Crippen molar-refractivity contribution in [1.29, 1.82) is 0 Å². The number of anilines is 1. The maximum atomic E-state index is 5.95. The van der Waals surface area contributed by atoms with Gasteiger partial charge in [0, 0.05) is 59.8 Å². The van der Waals surface area contributed by atoms with Gasteiger partial charge in [-0.15, -0.1) is 0 Å². The number of nitrogens with two attached hydrogens (primary N) is 1. The predicted octanol–water partition coefficient (Wildman–Crippen LogP) is 2.67. The fraction of sp³-hybridized carbons (Fsp3) is 0.273. The quantitative estimate of drug-likeness (QED) is 0.358. The summed E-state index contributed by atoms with van der Waals surface area (Å²) >= 11 is 0. The second-order valence-corrected chi connectivity index (χ2v) is 8.14. The molecule has 4 unspecified atom stereocenters. The molecule has 0 saturated carbocycles. The second kappa shape index (κ2) is 6.94. The summed E-state index contributed by atoms with van der Waals surface area (Å²) in [6.07, 6.45) is 9.88. The lowest BCUT2D eigenvalue weighted by Crippen LogP contribution is -2.46. The Labute approximate surface area is 173 Å². The Bertz CT molecular complexity index is 1190. The van der Waals surface area contributed by atoms with Crippen LogP contribution in [0.5, 0.6) is 0 Å². The van der Waals surface area contributed by atoms with Gasteiger partial charge in [0.25, 0.3) is 0 Å². The monoisotopic (exact) mass is 401 g/mol. The number of nitrogen functional groups attached to an aromatic ring is 1. The molecular formula is C22H23N7O. The van der Waals surface area contributed by atoms with E-state index in [2.05, 4.69) is 37.2 Å². The number of hydrogen-bond donors (Lipinski definition) is 5. The van der Waals surface area contributed by atoms with Crippen molar-refractivity contribution in [3.05, 3.63) is 66.6 Å². The Hall–Kier alpha value is -3.20. The SMILES string of the molecule is Nc1cncc(C2CC3C(CN2)NNC3c2cc3c(-c4ccoc4)ccnc3[nH]2)c1. The molecule has 2 aliphatic rings. The molecule has 4 aromatic rings. The average Bonchev–Trinajstić information content (AvgIpc) is 3.51. The lowest BCUT2D eigenvalue weighted by molar-refractivity contribution is 0.265. The highest BCUT2D eigenvalue weighted by molar-refractivity contribution is 5.93. The zero-order valence-corrected chi connectivity index (χ0v) is 16.3. The first-order valence-corrected chi connectivity index (χ1v) is 10.2. The van der Waals surface area contributed by atoms with Crippen LogP contribution < -0.4 is 21.9 Å². The lowest BCUT2D eigenvalue weighted by Gasteiger charge is -2.34. The maximum absolute atomic E-state index is 5.95. The van der Waals surface area contributed by atoms with E-state index in [1.54, 1.807) is 18.7 Å². The van der Waals surface area contributed by atoms with Crippen LogP contribution >= 0.6 is 0 Å². The molecule has 4 aromatic heterocycles.